The summed E-state index contributed by atoms with van der Waals surface area (Å²) in [4.78, 5) is 13.9. The first-order valence-electron chi connectivity index (χ1n) is 13.8. The molecule has 0 spiro atoms. The molecule has 0 aliphatic heterocycles. The third-order valence-electron chi connectivity index (χ3n) is 7.05. The second-order valence-electron chi connectivity index (χ2n) is 10.1. The van der Waals surface area contributed by atoms with Crippen LogP contribution in [0.3, 0.4) is 0 Å². The summed E-state index contributed by atoms with van der Waals surface area (Å²) < 4.78 is 46.8. The minimum absolute atomic E-state index is 0. The van der Waals surface area contributed by atoms with Crippen molar-refractivity contribution in [3.8, 4) is 5.75 Å². The summed E-state index contributed by atoms with van der Waals surface area (Å²) in [6.07, 6.45) is -3.64. The zero-order valence-corrected chi connectivity index (χ0v) is 25.4. The minimum atomic E-state index is -4.53. The maximum absolute atomic E-state index is 13.6. The molecule has 4 aromatic rings. The van der Waals surface area contributed by atoms with Gasteiger partial charge in [0.2, 0.25) is 5.91 Å². The van der Waals surface area contributed by atoms with E-state index in [-0.39, 0.29) is 42.2 Å². The van der Waals surface area contributed by atoms with Gasteiger partial charge in [0.15, 0.2) is 0 Å². The number of halogens is 5. The fourth-order valence-electron chi connectivity index (χ4n) is 4.93. The van der Waals surface area contributed by atoms with Gasteiger partial charge in [0, 0.05) is 32.6 Å². The third kappa shape index (κ3) is 10.0. The lowest BCUT2D eigenvalue weighted by molar-refractivity contribution is -0.137. The van der Waals surface area contributed by atoms with E-state index >= 15 is 0 Å². The lowest BCUT2D eigenvalue weighted by Crippen LogP contribution is -2.31. The van der Waals surface area contributed by atoms with Crippen molar-refractivity contribution in [1.29, 1.82) is 0 Å². The molecular formula is C34H35Cl2F3N2O2. The second-order valence-corrected chi connectivity index (χ2v) is 10.5. The third-order valence-corrected chi connectivity index (χ3v) is 7.50. The molecular weight excluding hydrogens is 596 g/mol. The summed E-state index contributed by atoms with van der Waals surface area (Å²) in [6.45, 7) is 1.79. The van der Waals surface area contributed by atoms with Gasteiger partial charge >= 0.3 is 6.18 Å². The SMILES string of the molecule is CNC(=O)Cc1cccc(OCCCN(Cc2cccc(C(F)(F)F)c2Cl)CC(c2ccccc2)c2ccccc2)c1.Cl. The Morgan fingerprint density at radius 1 is 0.907 bits per heavy atom. The molecule has 1 N–H and O–H groups in total. The first-order valence-corrected chi connectivity index (χ1v) is 14.2. The zero-order valence-electron chi connectivity index (χ0n) is 23.8. The predicted molar refractivity (Wildman–Crippen MR) is 168 cm³/mol. The van der Waals surface area contributed by atoms with Crippen molar-refractivity contribution in [2.75, 3.05) is 26.7 Å². The van der Waals surface area contributed by atoms with Crippen LogP contribution in [0.25, 0.3) is 0 Å². The van der Waals surface area contributed by atoms with E-state index in [1.54, 1.807) is 13.1 Å². The van der Waals surface area contributed by atoms with Crippen molar-refractivity contribution in [3.05, 3.63) is 136 Å². The van der Waals surface area contributed by atoms with Crippen molar-refractivity contribution in [3.63, 3.8) is 0 Å². The van der Waals surface area contributed by atoms with Gasteiger partial charge in [-0.15, -0.1) is 12.4 Å². The van der Waals surface area contributed by atoms with Crippen LogP contribution < -0.4 is 10.1 Å². The highest BCUT2D eigenvalue weighted by Crippen LogP contribution is 2.37. The molecule has 0 fully saturated rings. The van der Waals surface area contributed by atoms with E-state index < -0.39 is 11.7 Å². The van der Waals surface area contributed by atoms with Crippen LogP contribution in [0, 0.1) is 0 Å². The Hall–Kier alpha value is -3.52. The van der Waals surface area contributed by atoms with Crippen molar-refractivity contribution in [2.24, 2.45) is 0 Å². The number of likely N-dealkylation sites (N-methyl/N-ethyl adjacent to an activating group) is 1. The van der Waals surface area contributed by atoms with Crippen molar-refractivity contribution >= 4 is 29.9 Å². The van der Waals surface area contributed by atoms with Crippen LogP contribution in [-0.2, 0) is 23.9 Å². The Balaban J connectivity index is 0.00000506. The number of carbonyl (C=O) groups excluding carboxylic acids is 1. The molecule has 4 aromatic carbocycles. The highest BCUT2D eigenvalue weighted by molar-refractivity contribution is 6.32. The average molecular weight is 632 g/mol. The van der Waals surface area contributed by atoms with Gasteiger partial charge in [-0.2, -0.15) is 13.2 Å². The molecule has 0 saturated carbocycles. The van der Waals surface area contributed by atoms with Crippen LogP contribution in [0.5, 0.6) is 5.75 Å². The maximum Gasteiger partial charge on any atom is 0.417 e. The smallest absolute Gasteiger partial charge is 0.417 e. The maximum atomic E-state index is 13.6. The quantitative estimate of drug-likeness (QED) is 0.152. The van der Waals surface area contributed by atoms with Crippen LogP contribution in [0.4, 0.5) is 13.2 Å². The fraction of sp³-hybridized carbons (Fsp3) is 0.265. The summed E-state index contributed by atoms with van der Waals surface area (Å²) in [6, 6.07) is 31.7. The number of nitrogens with one attached hydrogen (secondary N) is 1. The number of hydrogen-bond acceptors (Lipinski definition) is 3. The molecule has 0 bridgehead atoms. The summed E-state index contributed by atoms with van der Waals surface area (Å²) in [5, 5.41) is 2.35. The monoisotopic (exact) mass is 630 g/mol. The molecule has 0 aliphatic carbocycles. The average Bonchev–Trinajstić information content (AvgIpc) is 2.99. The number of nitrogens with zero attached hydrogens (tertiary/aromatic N) is 1. The molecule has 0 atom stereocenters. The number of rotatable bonds is 13. The number of benzene rings is 4. The molecule has 0 radical (unpaired) electrons. The Morgan fingerprint density at radius 2 is 1.53 bits per heavy atom. The van der Waals surface area contributed by atoms with Gasteiger partial charge < -0.3 is 10.1 Å². The first-order chi connectivity index (χ1) is 20.2. The molecule has 0 aromatic heterocycles. The van der Waals surface area contributed by atoms with Crippen LogP contribution >= 0.6 is 24.0 Å². The van der Waals surface area contributed by atoms with E-state index in [2.05, 4.69) is 34.5 Å². The number of hydrogen-bond donors (Lipinski definition) is 1. The lowest BCUT2D eigenvalue weighted by Gasteiger charge is -2.29. The number of carbonyl (C=O) groups is 1. The Morgan fingerprint density at radius 3 is 2.14 bits per heavy atom. The van der Waals surface area contributed by atoms with Gasteiger partial charge in [-0.05, 0) is 46.9 Å². The summed E-state index contributed by atoms with van der Waals surface area (Å²) in [7, 11) is 1.60. The minimum Gasteiger partial charge on any atom is -0.494 e. The van der Waals surface area contributed by atoms with Crippen molar-refractivity contribution < 1.29 is 22.7 Å². The normalized spacial score (nSPS) is 11.3. The zero-order chi connectivity index (χ0) is 30.0. The van der Waals surface area contributed by atoms with Gasteiger partial charge in [0.05, 0.1) is 23.6 Å². The topological polar surface area (TPSA) is 41.6 Å². The summed E-state index contributed by atoms with van der Waals surface area (Å²) in [5.74, 6) is 0.581. The van der Waals surface area contributed by atoms with Gasteiger partial charge in [0.1, 0.15) is 5.75 Å². The highest BCUT2D eigenvalue weighted by Gasteiger charge is 2.34. The molecule has 4 nitrogen and oxygen atoms in total. The molecule has 0 heterocycles. The number of ether oxygens (including phenoxy) is 1. The van der Waals surface area contributed by atoms with Crippen LogP contribution in [0.2, 0.25) is 5.02 Å². The van der Waals surface area contributed by atoms with E-state index in [1.807, 2.05) is 60.7 Å². The Bertz CT molecular complexity index is 1400. The van der Waals surface area contributed by atoms with E-state index in [0.29, 0.717) is 37.4 Å². The molecule has 9 heteroatoms. The largest absolute Gasteiger partial charge is 0.494 e. The van der Waals surface area contributed by atoms with E-state index in [4.69, 9.17) is 16.3 Å². The standard InChI is InChI=1S/C34H34ClF3N2O2.ClH/c1-39-32(41)22-25-11-8-17-29(21-25)42-20-10-19-40(23-28-16-9-18-31(33(28)35)34(36,37)38)24-30(26-12-4-2-5-13-26)27-14-6-3-7-15-27;/h2-9,11-18,21,30H,10,19-20,22-24H2,1H3,(H,39,41);1H. The predicted octanol–water partition coefficient (Wildman–Crippen LogP) is 8.17. The molecule has 1 amide bonds. The molecule has 0 unspecified atom stereocenters. The first kappa shape index (κ1) is 34.0. The Labute approximate surface area is 262 Å². The lowest BCUT2D eigenvalue weighted by atomic mass is 9.90. The van der Waals surface area contributed by atoms with Crippen LogP contribution in [0.1, 0.15) is 40.2 Å². The molecule has 43 heavy (non-hydrogen) atoms. The highest BCUT2D eigenvalue weighted by atomic mass is 35.5. The molecule has 0 aliphatic rings. The summed E-state index contributed by atoms with van der Waals surface area (Å²) in [5.41, 5.74) is 2.68. The summed E-state index contributed by atoms with van der Waals surface area (Å²) >= 11 is 6.31. The molecule has 228 valence electrons. The second kappa shape index (κ2) is 16.4. The van der Waals surface area contributed by atoms with E-state index in [9.17, 15) is 18.0 Å². The number of alkyl halides is 3. The van der Waals surface area contributed by atoms with Gasteiger partial charge in [-0.25, -0.2) is 0 Å². The van der Waals surface area contributed by atoms with Crippen molar-refractivity contribution in [1.82, 2.24) is 10.2 Å². The van der Waals surface area contributed by atoms with Gasteiger partial charge in [0.25, 0.3) is 0 Å². The molecule has 4 rings (SSSR count). The van der Waals surface area contributed by atoms with Crippen LogP contribution in [-0.4, -0.2) is 37.6 Å². The van der Waals surface area contributed by atoms with E-state index in [1.165, 1.54) is 6.07 Å². The Kier molecular flexibility index (Phi) is 12.9. The van der Waals surface area contributed by atoms with Crippen LogP contribution in [0.15, 0.2) is 103 Å². The van der Waals surface area contributed by atoms with E-state index in [0.717, 1.165) is 22.8 Å². The fourth-order valence-corrected chi connectivity index (χ4v) is 5.22. The van der Waals surface area contributed by atoms with Gasteiger partial charge in [-0.3, -0.25) is 9.69 Å². The van der Waals surface area contributed by atoms with Gasteiger partial charge in [-0.1, -0.05) is 96.5 Å². The number of amides is 1. The molecule has 0 saturated heterocycles. The van der Waals surface area contributed by atoms with Crippen molar-refractivity contribution in [2.45, 2.75) is 31.5 Å².